The molecule has 64 valence electrons. The maximum absolute atomic E-state index is 2.50. The van der Waals surface area contributed by atoms with Crippen molar-refractivity contribution in [1.82, 2.24) is 0 Å². The average molecular weight is 152 g/mol. The van der Waals surface area contributed by atoms with Crippen molar-refractivity contribution < 1.29 is 0 Å². The van der Waals surface area contributed by atoms with E-state index in [9.17, 15) is 0 Å². The Labute approximate surface area is 70.7 Å². The van der Waals surface area contributed by atoms with Gasteiger partial charge in [0.2, 0.25) is 0 Å². The fraction of sp³-hybridized carbons (Fsp3) is 0.818. The Hall–Kier alpha value is -0.260. The highest BCUT2D eigenvalue weighted by Gasteiger charge is 2.19. The van der Waals surface area contributed by atoms with Crippen LogP contribution in [0.2, 0.25) is 0 Å². The molecule has 0 spiro atoms. The normalized spacial score (nSPS) is 23.0. The summed E-state index contributed by atoms with van der Waals surface area (Å²) in [6.07, 6.45) is 9.27. The molecule has 1 aliphatic carbocycles. The molecule has 0 atom stereocenters. The van der Waals surface area contributed by atoms with Gasteiger partial charge >= 0.3 is 0 Å². The highest BCUT2D eigenvalue weighted by Crippen LogP contribution is 2.34. The first-order valence-electron chi connectivity index (χ1n) is 4.85. The van der Waals surface area contributed by atoms with Gasteiger partial charge in [0.1, 0.15) is 0 Å². The van der Waals surface area contributed by atoms with Crippen molar-refractivity contribution in [3.05, 3.63) is 11.6 Å². The summed E-state index contributed by atoms with van der Waals surface area (Å²) in [5, 5.41) is 0. The zero-order chi connectivity index (χ0) is 8.32. The lowest BCUT2D eigenvalue weighted by atomic mass is 9.79. The molecule has 11 heavy (non-hydrogen) atoms. The molecule has 1 aliphatic rings. The molecular weight excluding hydrogens is 132 g/mol. The van der Waals surface area contributed by atoms with Crippen LogP contribution < -0.4 is 0 Å². The fourth-order valence-corrected chi connectivity index (χ4v) is 1.99. The third-order valence-electron chi connectivity index (χ3n) is 2.48. The van der Waals surface area contributed by atoms with Crippen LogP contribution in [0.15, 0.2) is 11.6 Å². The molecule has 0 radical (unpaired) electrons. The highest BCUT2D eigenvalue weighted by molar-refractivity contribution is 5.11. The molecule has 1 rings (SSSR count). The summed E-state index contributed by atoms with van der Waals surface area (Å²) in [4.78, 5) is 0. The van der Waals surface area contributed by atoms with Gasteiger partial charge in [0.25, 0.3) is 0 Å². The standard InChI is InChI=1S/C11H20/c1-4-6-10-7-5-8-11(2,3)9-10/h9H,4-8H2,1-3H3. The van der Waals surface area contributed by atoms with Crippen molar-refractivity contribution in [2.75, 3.05) is 0 Å². The second-order valence-electron chi connectivity index (χ2n) is 4.39. The van der Waals surface area contributed by atoms with Crippen molar-refractivity contribution in [3.8, 4) is 0 Å². The second-order valence-corrected chi connectivity index (χ2v) is 4.39. The molecule has 0 fully saturated rings. The van der Waals surface area contributed by atoms with Crippen molar-refractivity contribution in [2.45, 2.75) is 52.9 Å². The van der Waals surface area contributed by atoms with Gasteiger partial charge in [-0.3, -0.25) is 0 Å². The zero-order valence-corrected chi connectivity index (χ0v) is 8.11. The van der Waals surface area contributed by atoms with Crippen LogP contribution in [-0.2, 0) is 0 Å². The van der Waals surface area contributed by atoms with Gasteiger partial charge in [0, 0.05) is 0 Å². The minimum Gasteiger partial charge on any atom is -0.0797 e. The first-order valence-corrected chi connectivity index (χ1v) is 4.85. The SMILES string of the molecule is CCCC1=CC(C)(C)CCC1. The van der Waals surface area contributed by atoms with E-state index in [1.165, 1.54) is 32.1 Å². The minimum atomic E-state index is 0.489. The monoisotopic (exact) mass is 152 g/mol. The summed E-state index contributed by atoms with van der Waals surface area (Å²) in [6, 6.07) is 0. The van der Waals surface area contributed by atoms with Gasteiger partial charge in [0.15, 0.2) is 0 Å². The van der Waals surface area contributed by atoms with Crippen LogP contribution in [0.5, 0.6) is 0 Å². The van der Waals surface area contributed by atoms with Gasteiger partial charge in [0.05, 0.1) is 0 Å². The summed E-state index contributed by atoms with van der Waals surface area (Å²) >= 11 is 0. The van der Waals surface area contributed by atoms with Gasteiger partial charge in [-0.2, -0.15) is 0 Å². The van der Waals surface area contributed by atoms with Crippen molar-refractivity contribution in [3.63, 3.8) is 0 Å². The molecular formula is C11H20. The van der Waals surface area contributed by atoms with Crippen LogP contribution in [0.3, 0.4) is 0 Å². The Morgan fingerprint density at radius 3 is 2.73 bits per heavy atom. The summed E-state index contributed by atoms with van der Waals surface area (Å²) < 4.78 is 0. The predicted molar refractivity (Wildman–Crippen MR) is 50.6 cm³/mol. The lowest BCUT2D eigenvalue weighted by Gasteiger charge is -2.27. The Kier molecular flexibility index (Phi) is 2.75. The summed E-state index contributed by atoms with van der Waals surface area (Å²) in [6.45, 7) is 6.96. The molecule has 0 aromatic heterocycles. The van der Waals surface area contributed by atoms with Crippen LogP contribution in [0.1, 0.15) is 52.9 Å². The van der Waals surface area contributed by atoms with Crippen molar-refractivity contribution in [2.24, 2.45) is 5.41 Å². The summed E-state index contributed by atoms with van der Waals surface area (Å²) in [5.41, 5.74) is 2.19. The number of hydrogen-bond donors (Lipinski definition) is 0. The molecule has 0 saturated heterocycles. The van der Waals surface area contributed by atoms with Gasteiger partial charge in [-0.25, -0.2) is 0 Å². The maximum Gasteiger partial charge on any atom is -0.0172 e. The van der Waals surface area contributed by atoms with Crippen molar-refractivity contribution in [1.29, 1.82) is 0 Å². The van der Waals surface area contributed by atoms with Gasteiger partial charge in [-0.1, -0.05) is 38.8 Å². The number of rotatable bonds is 2. The molecule has 0 N–H and O–H groups in total. The summed E-state index contributed by atoms with van der Waals surface area (Å²) in [5.74, 6) is 0. The maximum atomic E-state index is 2.50. The topological polar surface area (TPSA) is 0 Å². The minimum absolute atomic E-state index is 0.489. The number of hydrogen-bond acceptors (Lipinski definition) is 0. The largest absolute Gasteiger partial charge is 0.0797 e. The predicted octanol–water partition coefficient (Wildman–Crippen LogP) is 3.92. The van der Waals surface area contributed by atoms with E-state index in [1.54, 1.807) is 5.57 Å². The molecule has 0 bridgehead atoms. The van der Waals surface area contributed by atoms with E-state index in [-0.39, 0.29) is 0 Å². The molecule has 0 aliphatic heterocycles. The molecule has 0 nitrogen and oxygen atoms in total. The van der Waals surface area contributed by atoms with E-state index in [2.05, 4.69) is 26.8 Å². The van der Waals surface area contributed by atoms with E-state index < -0.39 is 0 Å². The molecule has 0 heterocycles. The van der Waals surface area contributed by atoms with Crippen LogP contribution in [0.25, 0.3) is 0 Å². The van der Waals surface area contributed by atoms with E-state index in [1.807, 2.05) is 0 Å². The molecule has 0 heteroatoms. The highest BCUT2D eigenvalue weighted by atomic mass is 14.2. The average Bonchev–Trinajstić information content (AvgIpc) is 1.85. The Morgan fingerprint density at radius 1 is 1.45 bits per heavy atom. The van der Waals surface area contributed by atoms with Gasteiger partial charge in [-0.15, -0.1) is 0 Å². The smallest absolute Gasteiger partial charge is 0.0172 e. The molecule has 0 amide bonds. The Balaban J connectivity index is 2.57. The van der Waals surface area contributed by atoms with E-state index in [0.29, 0.717) is 5.41 Å². The van der Waals surface area contributed by atoms with Gasteiger partial charge in [-0.05, 0) is 31.1 Å². The Bertz CT molecular complexity index is 151. The van der Waals surface area contributed by atoms with Crippen LogP contribution >= 0.6 is 0 Å². The lowest BCUT2D eigenvalue weighted by Crippen LogP contribution is -2.12. The first kappa shape index (κ1) is 8.83. The molecule has 0 saturated carbocycles. The number of allylic oxidation sites excluding steroid dienone is 2. The third kappa shape index (κ3) is 2.69. The zero-order valence-electron chi connectivity index (χ0n) is 8.11. The van der Waals surface area contributed by atoms with Crippen LogP contribution in [0.4, 0.5) is 0 Å². The second kappa shape index (κ2) is 3.42. The third-order valence-corrected chi connectivity index (χ3v) is 2.48. The summed E-state index contributed by atoms with van der Waals surface area (Å²) in [7, 11) is 0. The lowest BCUT2D eigenvalue weighted by molar-refractivity contribution is 0.393. The van der Waals surface area contributed by atoms with Gasteiger partial charge < -0.3 is 0 Å². The fourth-order valence-electron chi connectivity index (χ4n) is 1.99. The first-order chi connectivity index (χ1) is 5.14. The van der Waals surface area contributed by atoms with Crippen LogP contribution in [-0.4, -0.2) is 0 Å². The molecule has 0 unspecified atom stereocenters. The van der Waals surface area contributed by atoms with Crippen LogP contribution in [0, 0.1) is 5.41 Å². The van der Waals surface area contributed by atoms with E-state index in [0.717, 1.165) is 0 Å². The van der Waals surface area contributed by atoms with E-state index in [4.69, 9.17) is 0 Å². The quantitative estimate of drug-likeness (QED) is 0.526. The molecule has 0 aromatic rings. The Morgan fingerprint density at radius 2 is 2.18 bits per heavy atom. The van der Waals surface area contributed by atoms with E-state index >= 15 is 0 Å². The van der Waals surface area contributed by atoms with Crippen molar-refractivity contribution >= 4 is 0 Å². The molecule has 0 aromatic carbocycles.